The normalized spacial score (nSPS) is 12.4. The van der Waals surface area contributed by atoms with Gasteiger partial charge in [-0.1, -0.05) is 69.3 Å². The highest BCUT2D eigenvalue weighted by Gasteiger charge is 2.40. The molecule has 0 saturated heterocycles. The Labute approximate surface area is 330 Å². The van der Waals surface area contributed by atoms with Crippen LogP contribution in [0.3, 0.4) is 0 Å². The first-order valence-electron chi connectivity index (χ1n) is 18.5. The minimum Gasteiger partial charge on any atom is -0.496 e. The number of benzene rings is 3. The molecule has 0 unspecified atom stereocenters. The molecule has 0 aliphatic heterocycles. The Kier molecular flexibility index (Phi) is 14.4. The molecule has 1 N–H and O–H groups in total. The highest BCUT2D eigenvalue weighted by atomic mass is 28.4. The van der Waals surface area contributed by atoms with Crippen molar-refractivity contribution in [3.63, 3.8) is 0 Å². The molecular formula is C44H53FN2O8Si. The van der Waals surface area contributed by atoms with Gasteiger partial charge in [0.1, 0.15) is 22.8 Å². The van der Waals surface area contributed by atoms with Crippen molar-refractivity contribution in [1.29, 1.82) is 0 Å². The zero-order valence-corrected chi connectivity index (χ0v) is 35.0. The summed E-state index contributed by atoms with van der Waals surface area (Å²) in [4.78, 5) is 53.0. The maximum absolute atomic E-state index is 14.5. The van der Waals surface area contributed by atoms with E-state index in [2.05, 4.69) is 39.2 Å². The van der Waals surface area contributed by atoms with E-state index in [9.17, 15) is 23.6 Å². The van der Waals surface area contributed by atoms with Gasteiger partial charge in [0.2, 0.25) is 0 Å². The van der Waals surface area contributed by atoms with Gasteiger partial charge in [-0.15, -0.1) is 0 Å². The summed E-state index contributed by atoms with van der Waals surface area (Å²) in [6.45, 7) is 14.4. The number of rotatable bonds is 16. The number of hydrogen-bond acceptors (Lipinski definition) is 8. The number of hydrogen-bond donors (Lipinski definition) is 1. The zero-order chi connectivity index (χ0) is 41.4. The van der Waals surface area contributed by atoms with Gasteiger partial charge in [0.25, 0.3) is 5.91 Å². The first kappa shape index (κ1) is 43.4. The van der Waals surface area contributed by atoms with E-state index in [4.69, 9.17) is 18.6 Å². The summed E-state index contributed by atoms with van der Waals surface area (Å²) in [5.41, 5.74) is 4.43. The van der Waals surface area contributed by atoms with Gasteiger partial charge in [-0.3, -0.25) is 14.4 Å². The van der Waals surface area contributed by atoms with Gasteiger partial charge in [0.05, 0.1) is 39.5 Å². The number of methoxy groups -OCH3 is 3. The lowest BCUT2D eigenvalue weighted by molar-refractivity contribution is -0.142. The van der Waals surface area contributed by atoms with Crippen LogP contribution >= 0.6 is 0 Å². The van der Waals surface area contributed by atoms with Crippen molar-refractivity contribution >= 4 is 38.0 Å². The molecule has 0 radical (unpaired) electrons. The van der Waals surface area contributed by atoms with Crippen molar-refractivity contribution < 1.29 is 42.2 Å². The van der Waals surface area contributed by atoms with Gasteiger partial charge in [-0.25, -0.2) is 9.18 Å². The number of aromatic nitrogens is 1. The minimum atomic E-state index is -2.38. The van der Waals surface area contributed by atoms with E-state index < -0.39 is 38.1 Å². The number of allylic oxidation sites excluding steroid dienone is 1. The zero-order valence-electron chi connectivity index (χ0n) is 34.0. The van der Waals surface area contributed by atoms with Crippen LogP contribution < -0.4 is 10.1 Å². The molecule has 3 aromatic carbocycles. The molecular weight excluding hydrogens is 732 g/mol. The van der Waals surface area contributed by atoms with Gasteiger partial charge in [0.15, 0.2) is 14.1 Å². The number of ether oxygens (including phenoxy) is 3. The second-order valence-corrected chi connectivity index (χ2v) is 20.1. The summed E-state index contributed by atoms with van der Waals surface area (Å²) in [5.74, 6) is -1.82. The van der Waals surface area contributed by atoms with Crippen LogP contribution in [0, 0.1) is 5.82 Å². The molecule has 4 rings (SSSR count). The Balaban J connectivity index is 1.86. The van der Waals surface area contributed by atoms with Crippen molar-refractivity contribution in [1.82, 2.24) is 9.88 Å². The molecule has 1 amide bonds. The predicted octanol–water partition coefficient (Wildman–Crippen LogP) is 9.19. The fraction of sp³-hybridized carbons (Fsp3) is 0.364. The lowest BCUT2D eigenvalue weighted by Gasteiger charge is -2.39. The molecule has 56 heavy (non-hydrogen) atoms. The van der Waals surface area contributed by atoms with Gasteiger partial charge in [0, 0.05) is 30.1 Å². The molecule has 1 atom stereocenters. The second kappa shape index (κ2) is 18.5. The number of amides is 1. The van der Waals surface area contributed by atoms with E-state index in [-0.39, 0.29) is 41.8 Å². The van der Waals surface area contributed by atoms with Crippen molar-refractivity contribution in [2.45, 2.75) is 84.3 Å². The standard InChI is InChI=1S/C44H53FN2O8Si/c1-28(2)47-36(23-21-33(48)25-34(26-38(49)53-7)55-56(9,10)44(3,4)5)39(31-17-19-32(45)20-18-31)40(30-14-12-11-13-15-30)41(47)42(50)46-27-29-16-22-35(43(51)54-8)37(24-29)52-6/h11-24,28,34H,25-27H2,1-10H3,(H,46,50)/b23-21+/t34-/m0/s1. The molecule has 0 aliphatic rings. The van der Waals surface area contributed by atoms with Crippen LogP contribution in [-0.4, -0.2) is 63.9 Å². The van der Waals surface area contributed by atoms with Crippen LogP contribution in [0.4, 0.5) is 4.39 Å². The Morgan fingerprint density at radius 2 is 1.50 bits per heavy atom. The number of carbonyl (C=O) groups excluding carboxylic acids is 4. The molecule has 1 aromatic heterocycles. The fourth-order valence-corrected chi connectivity index (χ4v) is 7.55. The van der Waals surface area contributed by atoms with Crippen LogP contribution in [0.15, 0.2) is 78.9 Å². The minimum absolute atomic E-state index is 0.0660. The molecule has 298 valence electrons. The monoisotopic (exact) mass is 784 g/mol. The van der Waals surface area contributed by atoms with Crippen LogP contribution in [0.5, 0.6) is 5.75 Å². The predicted molar refractivity (Wildman–Crippen MR) is 219 cm³/mol. The molecule has 10 nitrogen and oxygen atoms in total. The van der Waals surface area contributed by atoms with Crippen molar-refractivity contribution in [2.75, 3.05) is 21.3 Å². The third-order valence-corrected chi connectivity index (χ3v) is 14.6. The van der Waals surface area contributed by atoms with Crippen LogP contribution in [0.2, 0.25) is 18.1 Å². The van der Waals surface area contributed by atoms with Gasteiger partial charge < -0.3 is 28.5 Å². The van der Waals surface area contributed by atoms with Gasteiger partial charge in [-0.2, -0.15) is 0 Å². The van der Waals surface area contributed by atoms with E-state index >= 15 is 0 Å². The highest BCUT2D eigenvalue weighted by molar-refractivity contribution is 6.74. The average molecular weight is 785 g/mol. The Morgan fingerprint density at radius 3 is 2.07 bits per heavy atom. The molecule has 0 aliphatic carbocycles. The fourth-order valence-electron chi connectivity index (χ4n) is 6.20. The molecule has 0 fully saturated rings. The highest BCUT2D eigenvalue weighted by Crippen LogP contribution is 2.43. The van der Waals surface area contributed by atoms with E-state index in [1.54, 1.807) is 36.4 Å². The van der Waals surface area contributed by atoms with Crippen LogP contribution in [0.25, 0.3) is 28.3 Å². The van der Waals surface area contributed by atoms with Crippen LogP contribution in [-0.2, 0) is 30.0 Å². The number of halogens is 1. The number of esters is 2. The summed E-state index contributed by atoms with van der Waals surface area (Å²) in [5, 5.41) is 2.88. The molecule has 4 aromatic rings. The smallest absolute Gasteiger partial charge is 0.341 e. The Hall–Kier alpha value is -5.33. The topological polar surface area (TPSA) is 122 Å². The van der Waals surface area contributed by atoms with E-state index in [1.807, 2.05) is 48.7 Å². The number of carbonyl (C=O) groups is 4. The summed E-state index contributed by atoms with van der Waals surface area (Å²) in [7, 11) is 1.67. The van der Waals surface area contributed by atoms with Crippen molar-refractivity contribution in [2.24, 2.45) is 0 Å². The maximum Gasteiger partial charge on any atom is 0.341 e. The van der Waals surface area contributed by atoms with E-state index in [0.717, 1.165) is 5.56 Å². The average Bonchev–Trinajstić information content (AvgIpc) is 3.51. The number of nitrogens with one attached hydrogen (secondary N) is 1. The van der Waals surface area contributed by atoms with Gasteiger partial charge >= 0.3 is 11.9 Å². The molecule has 0 bridgehead atoms. The van der Waals surface area contributed by atoms with E-state index in [1.165, 1.54) is 39.5 Å². The largest absolute Gasteiger partial charge is 0.496 e. The Morgan fingerprint density at radius 1 is 0.857 bits per heavy atom. The molecule has 0 spiro atoms. The molecule has 1 heterocycles. The SMILES string of the molecule is COC(=O)C[C@H](CC(=O)/C=C/c1c(-c2ccc(F)cc2)c(-c2ccccc2)c(C(=O)NCc2ccc(C(=O)OC)c(OC)c2)n1C(C)C)O[Si](C)(C)C(C)(C)C. The Bertz CT molecular complexity index is 2060. The summed E-state index contributed by atoms with van der Waals surface area (Å²) in [6.07, 6.45) is 2.29. The van der Waals surface area contributed by atoms with Crippen molar-refractivity contribution in [3.05, 3.63) is 107 Å². The third-order valence-electron chi connectivity index (χ3n) is 10.0. The maximum atomic E-state index is 14.5. The quantitative estimate of drug-likeness (QED) is 0.0678. The van der Waals surface area contributed by atoms with Crippen LogP contribution in [0.1, 0.15) is 85.6 Å². The summed E-state index contributed by atoms with van der Waals surface area (Å²) >= 11 is 0. The molecule has 12 heteroatoms. The summed E-state index contributed by atoms with van der Waals surface area (Å²) < 4.78 is 38.0. The lowest BCUT2D eigenvalue weighted by atomic mass is 9.94. The van der Waals surface area contributed by atoms with E-state index in [0.29, 0.717) is 39.4 Å². The first-order chi connectivity index (χ1) is 26.4. The van der Waals surface area contributed by atoms with Gasteiger partial charge in [-0.05, 0) is 85.1 Å². The second-order valence-electron chi connectivity index (χ2n) is 15.3. The lowest BCUT2D eigenvalue weighted by Crippen LogP contribution is -2.44. The molecule has 0 saturated carbocycles. The summed E-state index contributed by atoms with van der Waals surface area (Å²) in [6, 6.07) is 20.1. The van der Waals surface area contributed by atoms with Crippen molar-refractivity contribution in [3.8, 4) is 28.0 Å². The third kappa shape index (κ3) is 10.3. The first-order valence-corrected chi connectivity index (χ1v) is 21.4. The number of nitrogens with zero attached hydrogens (tertiary/aromatic N) is 1. The number of ketones is 1.